The third-order valence-corrected chi connectivity index (χ3v) is 11.2. The Morgan fingerprint density at radius 1 is 0.719 bits per heavy atom. The quantitative estimate of drug-likeness (QED) is 0.262. The van der Waals surface area contributed by atoms with E-state index in [1.807, 2.05) is 0 Å². The monoisotopic (exact) mass is 594 g/mol. The third-order valence-electron chi connectivity index (χ3n) is 5.38. The molecular weight excluding hydrogens is 559 g/mol. The number of ether oxygens (including phenoxy) is 2. The van der Waals surface area contributed by atoms with Crippen molar-refractivity contribution in [2.24, 2.45) is 5.41 Å². The van der Waals surface area contributed by atoms with Crippen LogP contribution in [0, 0.1) is 5.41 Å². The summed E-state index contributed by atoms with van der Waals surface area (Å²) in [5, 5.41) is 0. The molecule has 0 bridgehead atoms. The fraction of sp³-hybridized carbons (Fsp3) is 0.652. The van der Waals surface area contributed by atoms with Gasteiger partial charge in [-0.25, -0.2) is 0 Å². The van der Waals surface area contributed by atoms with Crippen molar-refractivity contribution >= 4 is 16.6 Å². The van der Waals surface area contributed by atoms with Crippen molar-refractivity contribution in [3.05, 3.63) is 41.4 Å². The molecule has 2 aliphatic carbocycles. The van der Waals surface area contributed by atoms with Crippen LogP contribution in [0.5, 0.6) is 0 Å². The summed E-state index contributed by atoms with van der Waals surface area (Å²) in [5.74, 6) is 2.19. The minimum Gasteiger partial charge on any atom is -1.00 e. The molecule has 0 fully saturated rings. The Morgan fingerprint density at radius 2 is 1.09 bits per heavy atom. The summed E-state index contributed by atoms with van der Waals surface area (Å²) in [7, 11) is -2.99. The Labute approximate surface area is 220 Å². The van der Waals surface area contributed by atoms with Crippen LogP contribution in [0.15, 0.2) is 41.4 Å². The van der Waals surface area contributed by atoms with Crippen LogP contribution in [-0.4, -0.2) is 43.1 Å². The maximum atomic E-state index is 6.25. The first-order valence-corrected chi connectivity index (χ1v) is 20.3. The van der Waals surface area contributed by atoms with E-state index in [0.717, 1.165) is 24.4 Å². The molecule has 0 radical (unpaired) electrons. The van der Waals surface area contributed by atoms with Gasteiger partial charge in [-0.15, -0.1) is 0 Å². The summed E-state index contributed by atoms with van der Waals surface area (Å²) >= 11 is -0.749. The standard InChI is InChI=1S/C23H38O4Si2.2ClH.Zr/c1-23(2,19-11-9-13-21(19)24-15-17-26-28(3,4)5)20-12-10-14-22(20)25-16-18-27-29(6,7)8;;;/h13-14H,9-10,15-18H2,1-8H3;2*1H;/q;;;+2/p-2. The van der Waals surface area contributed by atoms with Crippen molar-refractivity contribution in [2.75, 3.05) is 26.4 Å². The van der Waals surface area contributed by atoms with Gasteiger partial charge in [0, 0.05) is 0 Å². The molecule has 32 heavy (non-hydrogen) atoms. The summed E-state index contributed by atoms with van der Waals surface area (Å²) in [5.41, 5.74) is 2.82. The molecule has 0 saturated carbocycles. The van der Waals surface area contributed by atoms with Gasteiger partial charge in [-0.1, -0.05) is 0 Å². The van der Waals surface area contributed by atoms with Crippen LogP contribution in [0.25, 0.3) is 0 Å². The molecule has 3 rings (SSSR count). The Kier molecular flexibility index (Phi) is 11.3. The van der Waals surface area contributed by atoms with Crippen molar-refractivity contribution in [3.63, 3.8) is 0 Å². The maximum Gasteiger partial charge on any atom is -1.00 e. The minimum atomic E-state index is -1.49. The number of halogens is 2. The third kappa shape index (κ3) is 7.69. The molecule has 1 aliphatic heterocycles. The largest absolute Gasteiger partial charge is 1.00 e. The van der Waals surface area contributed by atoms with Crippen LogP contribution >= 0.6 is 0 Å². The second-order valence-electron chi connectivity index (χ2n) is 10.6. The molecule has 0 N–H and O–H groups in total. The number of allylic oxidation sites excluding steroid dienone is 6. The topological polar surface area (TPSA) is 36.9 Å². The molecule has 9 heteroatoms. The Morgan fingerprint density at radius 3 is 1.44 bits per heavy atom. The number of rotatable bonds is 10. The van der Waals surface area contributed by atoms with E-state index in [4.69, 9.17) is 18.3 Å². The first kappa shape index (κ1) is 30.4. The van der Waals surface area contributed by atoms with Gasteiger partial charge >= 0.3 is 197 Å². The van der Waals surface area contributed by atoms with E-state index < -0.39 is 39.9 Å². The van der Waals surface area contributed by atoms with E-state index in [0.29, 0.717) is 26.4 Å². The van der Waals surface area contributed by atoms with E-state index in [1.54, 1.807) is 6.56 Å². The SMILES string of the molecule is CC1(C)C2=[C](CC=C2OCCO[Si](C)(C)C)[Zr+2][C]2=C1C(OCCO[Si](C)(C)C)=CC2.[Cl-].[Cl-]. The van der Waals surface area contributed by atoms with Gasteiger partial charge in [0.2, 0.25) is 0 Å². The first-order valence-electron chi connectivity index (χ1n) is 11.1. The van der Waals surface area contributed by atoms with Gasteiger partial charge in [0.15, 0.2) is 0 Å². The molecule has 0 unspecified atom stereocenters. The summed E-state index contributed by atoms with van der Waals surface area (Å²) < 4.78 is 27.8. The van der Waals surface area contributed by atoms with Crippen molar-refractivity contribution in [3.8, 4) is 0 Å². The van der Waals surface area contributed by atoms with E-state index in [9.17, 15) is 0 Å². The predicted octanol–water partition coefficient (Wildman–Crippen LogP) is -0.0637. The molecule has 0 atom stereocenters. The van der Waals surface area contributed by atoms with E-state index in [2.05, 4.69) is 65.3 Å². The van der Waals surface area contributed by atoms with Gasteiger partial charge in [-0.3, -0.25) is 0 Å². The van der Waals surface area contributed by atoms with Crippen LogP contribution in [0.1, 0.15) is 26.7 Å². The summed E-state index contributed by atoms with van der Waals surface area (Å²) in [6.07, 6.45) is 6.75. The molecule has 0 aromatic heterocycles. The van der Waals surface area contributed by atoms with E-state index >= 15 is 0 Å². The molecule has 0 amide bonds. The van der Waals surface area contributed by atoms with E-state index in [1.165, 1.54) is 11.1 Å². The molecule has 0 saturated heterocycles. The van der Waals surface area contributed by atoms with Crippen LogP contribution in [0.4, 0.5) is 0 Å². The molecule has 180 valence electrons. The van der Waals surface area contributed by atoms with Crippen LogP contribution < -0.4 is 24.8 Å². The molecular formula is C23H38Cl2O4Si2Zr. The summed E-state index contributed by atoms with van der Waals surface area (Å²) in [6.45, 7) is 20.6. The van der Waals surface area contributed by atoms with Crippen molar-refractivity contribution in [1.29, 1.82) is 0 Å². The van der Waals surface area contributed by atoms with Gasteiger partial charge in [-0.2, -0.15) is 0 Å². The van der Waals surface area contributed by atoms with Crippen molar-refractivity contribution < 1.29 is 66.4 Å². The number of hydrogen-bond acceptors (Lipinski definition) is 4. The minimum absolute atomic E-state index is 0. The fourth-order valence-electron chi connectivity index (χ4n) is 4.26. The Hall–Kier alpha value is 0.377. The first-order chi connectivity index (χ1) is 13.9. The zero-order valence-corrected chi connectivity index (χ0v) is 26.8. The van der Waals surface area contributed by atoms with Gasteiger partial charge in [0.25, 0.3) is 0 Å². The number of hydrogen-bond donors (Lipinski definition) is 0. The van der Waals surface area contributed by atoms with Gasteiger partial charge in [0.1, 0.15) is 0 Å². The Balaban J connectivity index is 0.00000256. The van der Waals surface area contributed by atoms with Crippen molar-refractivity contribution in [2.45, 2.75) is 66.0 Å². The Bertz CT molecular complexity index is 742. The van der Waals surface area contributed by atoms with Crippen molar-refractivity contribution in [1.82, 2.24) is 0 Å². The molecule has 0 spiro atoms. The van der Waals surface area contributed by atoms with Gasteiger partial charge in [0.05, 0.1) is 0 Å². The normalized spacial score (nSPS) is 19.0. The average Bonchev–Trinajstić information content (AvgIpc) is 3.19. The van der Waals surface area contributed by atoms with Gasteiger partial charge < -0.3 is 24.8 Å². The zero-order valence-electron chi connectivity index (χ0n) is 20.8. The van der Waals surface area contributed by atoms with Crippen LogP contribution in [0.3, 0.4) is 0 Å². The van der Waals surface area contributed by atoms with E-state index in [-0.39, 0.29) is 30.2 Å². The zero-order chi connectivity index (χ0) is 22.2. The van der Waals surface area contributed by atoms with Crippen LogP contribution in [0.2, 0.25) is 39.3 Å². The predicted molar refractivity (Wildman–Crippen MR) is 124 cm³/mol. The summed E-state index contributed by atoms with van der Waals surface area (Å²) in [6, 6.07) is 0. The molecule has 4 nitrogen and oxygen atoms in total. The average molecular weight is 597 g/mol. The molecule has 0 aromatic carbocycles. The fourth-order valence-corrected chi connectivity index (χ4v) is 10.3. The second-order valence-corrected chi connectivity index (χ2v) is 23.2. The molecule has 1 heterocycles. The maximum absolute atomic E-state index is 6.25. The molecule has 0 aromatic rings. The second kappa shape index (κ2) is 11.9. The smallest absolute Gasteiger partial charge is 1.00 e. The summed E-state index contributed by atoms with van der Waals surface area (Å²) in [4.78, 5) is 0. The molecule has 3 aliphatic rings. The van der Waals surface area contributed by atoms with Gasteiger partial charge in [-0.05, 0) is 0 Å². The van der Waals surface area contributed by atoms with Crippen LogP contribution in [-0.2, 0) is 41.6 Å².